The molecule has 0 amide bonds. The minimum atomic E-state index is -1.28. The largest absolute Gasteiger partial charge is 0.508 e. The molecule has 0 bridgehead atoms. The van der Waals surface area contributed by atoms with E-state index in [-0.39, 0.29) is 28.3 Å². The Bertz CT molecular complexity index is 1040. The number of aliphatic hydroxyl groups is 2. The first-order chi connectivity index (χ1) is 12.6. The number of halogens is 2. The van der Waals surface area contributed by atoms with Crippen LogP contribution in [0.2, 0.25) is 0 Å². The van der Waals surface area contributed by atoms with Crippen LogP contribution in [0.25, 0.3) is 11.0 Å². The Morgan fingerprint density at radius 3 is 2.38 bits per heavy atom. The van der Waals surface area contributed by atoms with Crippen molar-refractivity contribution in [3.05, 3.63) is 61.7 Å². The van der Waals surface area contributed by atoms with Gasteiger partial charge >= 0.3 is 0 Å². The van der Waals surface area contributed by atoms with Crippen LogP contribution >= 0.6 is 31.9 Å². The van der Waals surface area contributed by atoms with Crippen molar-refractivity contribution in [1.82, 2.24) is 0 Å². The Labute approximate surface area is 160 Å². The van der Waals surface area contributed by atoms with Gasteiger partial charge in [0.25, 0.3) is 0 Å². The van der Waals surface area contributed by atoms with Gasteiger partial charge in [-0.05, 0) is 49.2 Å². The molecule has 0 spiro atoms. The zero-order valence-electron chi connectivity index (χ0n) is 15.8. The number of hydrogen-bond acceptors (Lipinski definition) is 4. The van der Waals surface area contributed by atoms with E-state index in [9.17, 15) is 15.3 Å². The highest BCUT2D eigenvalue weighted by Crippen LogP contribution is 2.40. The molecule has 2 unspecified atom stereocenters. The quantitative estimate of drug-likeness (QED) is 0.510. The Morgan fingerprint density at radius 2 is 1.79 bits per heavy atom. The number of phenols is 1. The first-order valence-electron chi connectivity index (χ1n) is 8.62. The Balaban J connectivity index is 2.38. The molecule has 0 aliphatic heterocycles. The molecule has 4 nitrogen and oxygen atoms in total. The monoisotopic (exact) mass is 457 g/mol. The summed E-state index contributed by atoms with van der Waals surface area (Å²) >= 11 is 6.86. The molecule has 1 heterocycles. The lowest BCUT2D eigenvalue weighted by Gasteiger charge is -2.15. The lowest BCUT2D eigenvalue weighted by molar-refractivity contribution is 0.160. The number of aromatic hydroxyl groups is 1. The van der Waals surface area contributed by atoms with Crippen molar-refractivity contribution in [3.63, 3.8) is 0 Å². The molecule has 0 saturated carbocycles. The second-order valence-corrected chi connectivity index (χ2v) is 7.20. The summed E-state index contributed by atoms with van der Waals surface area (Å²) in [5.41, 5.74) is 1.36. The van der Waals surface area contributed by atoms with Crippen molar-refractivity contribution in [1.29, 1.82) is 0 Å². The Hall–Kier alpha value is -1.34. The molecule has 126 valence electrons. The van der Waals surface area contributed by atoms with Gasteiger partial charge in [0.15, 0.2) is 0 Å². The predicted octanol–water partition coefficient (Wildman–Crippen LogP) is 5.11. The smallest absolute Gasteiger partial charge is 0.139 e. The summed E-state index contributed by atoms with van der Waals surface area (Å²) in [6.07, 6.45) is -2.41. The van der Waals surface area contributed by atoms with Gasteiger partial charge in [0.2, 0.25) is 0 Å². The van der Waals surface area contributed by atoms with Crippen molar-refractivity contribution in [3.8, 4) is 5.75 Å². The molecule has 0 aliphatic rings. The van der Waals surface area contributed by atoms with Crippen LogP contribution in [0.5, 0.6) is 5.75 Å². The number of rotatable bonds is 3. The molecule has 0 fully saturated rings. The predicted molar refractivity (Wildman–Crippen MR) is 99.2 cm³/mol. The highest BCUT2D eigenvalue weighted by atomic mass is 79.9. The standard InChI is InChI=1S/C18H16Br2O4/c1-8-13(19)5-10(6-14(8)20)17(23)16-12-4-3-11(22)7-15(12)24-18(16)9(2)21/h3-7,9,17,21-23H,1-2H3/i3D,4D,7D. The fraction of sp³-hybridized carbons (Fsp3) is 0.222. The average Bonchev–Trinajstić information content (AvgIpc) is 3.02. The van der Waals surface area contributed by atoms with Gasteiger partial charge in [0, 0.05) is 25.9 Å². The number of phenolic OH excluding ortho intramolecular Hbond substituents is 1. The zero-order chi connectivity index (χ0) is 20.2. The van der Waals surface area contributed by atoms with Gasteiger partial charge in [-0.3, -0.25) is 0 Å². The molecule has 6 heteroatoms. The van der Waals surface area contributed by atoms with E-state index in [1.807, 2.05) is 6.92 Å². The number of aliphatic hydroxyl groups excluding tert-OH is 2. The third-order valence-electron chi connectivity index (χ3n) is 3.78. The molecule has 24 heavy (non-hydrogen) atoms. The maximum absolute atomic E-state index is 11.0. The Morgan fingerprint density at radius 1 is 1.17 bits per heavy atom. The van der Waals surface area contributed by atoms with E-state index in [1.165, 1.54) is 6.92 Å². The lowest BCUT2D eigenvalue weighted by Crippen LogP contribution is -2.04. The van der Waals surface area contributed by atoms with Crippen LogP contribution in [0.3, 0.4) is 0 Å². The summed E-state index contributed by atoms with van der Waals surface area (Å²) in [4.78, 5) is 0. The number of hydrogen-bond donors (Lipinski definition) is 3. The summed E-state index contributed by atoms with van der Waals surface area (Å²) in [5, 5.41) is 31.1. The molecule has 3 N–H and O–H groups in total. The van der Waals surface area contributed by atoms with Crippen molar-refractivity contribution >= 4 is 42.8 Å². The van der Waals surface area contributed by atoms with Gasteiger partial charge < -0.3 is 19.7 Å². The van der Waals surface area contributed by atoms with Gasteiger partial charge in [-0.2, -0.15) is 0 Å². The second-order valence-electron chi connectivity index (χ2n) is 5.50. The molecule has 2 aromatic carbocycles. The first-order valence-corrected chi connectivity index (χ1v) is 8.71. The molecule has 0 saturated heterocycles. The summed E-state index contributed by atoms with van der Waals surface area (Å²) in [5.74, 6) is -0.697. The highest BCUT2D eigenvalue weighted by Gasteiger charge is 2.26. The van der Waals surface area contributed by atoms with Crippen LogP contribution in [0.4, 0.5) is 0 Å². The molecular weight excluding hydrogens is 440 g/mol. The van der Waals surface area contributed by atoms with Gasteiger partial charge in [-0.25, -0.2) is 0 Å². The van der Waals surface area contributed by atoms with E-state index in [4.69, 9.17) is 8.53 Å². The fourth-order valence-electron chi connectivity index (χ4n) is 2.51. The average molecular weight is 459 g/mol. The maximum Gasteiger partial charge on any atom is 0.139 e. The van der Waals surface area contributed by atoms with E-state index >= 15 is 0 Å². The van der Waals surface area contributed by atoms with Gasteiger partial charge in [-0.1, -0.05) is 31.9 Å². The normalized spacial score (nSPS) is 15.8. The molecule has 1 aromatic heterocycles. The minimum Gasteiger partial charge on any atom is -0.508 e. The number of benzene rings is 2. The van der Waals surface area contributed by atoms with Crippen LogP contribution in [0.1, 0.15) is 45.7 Å². The van der Waals surface area contributed by atoms with Gasteiger partial charge in [0.05, 0.1) is 4.11 Å². The van der Waals surface area contributed by atoms with Crippen LogP contribution in [-0.2, 0) is 0 Å². The Kier molecular flexibility index (Phi) is 3.77. The highest BCUT2D eigenvalue weighted by molar-refractivity contribution is 9.11. The molecule has 0 aliphatic carbocycles. The molecular formula is C18H16Br2O4. The van der Waals surface area contributed by atoms with E-state index < -0.39 is 30.0 Å². The molecule has 3 rings (SSSR count). The van der Waals surface area contributed by atoms with Gasteiger partial charge in [0.1, 0.15) is 29.3 Å². The van der Waals surface area contributed by atoms with Crippen molar-refractivity contribution in [2.24, 2.45) is 0 Å². The molecule has 2 atom stereocenters. The first kappa shape index (κ1) is 13.9. The SMILES string of the molecule is [2H]c1c(O)c([2H])c2oc(C(C)O)c(C(O)c3cc(Br)c(C)c(Br)c3)c2c1[2H]. The van der Waals surface area contributed by atoms with E-state index in [0.29, 0.717) is 5.56 Å². The van der Waals surface area contributed by atoms with E-state index in [0.717, 1.165) is 14.5 Å². The van der Waals surface area contributed by atoms with Crippen molar-refractivity contribution in [2.45, 2.75) is 26.1 Å². The fourth-order valence-corrected chi connectivity index (χ4v) is 3.73. The van der Waals surface area contributed by atoms with Crippen molar-refractivity contribution < 1.29 is 23.8 Å². The topological polar surface area (TPSA) is 73.8 Å². The lowest BCUT2D eigenvalue weighted by atomic mass is 9.96. The minimum absolute atomic E-state index is 0.0164. The third kappa shape index (κ3) is 2.99. The summed E-state index contributed by atoms with van der Waals surface area (Å²) in [7, 11) is 0. The second kappa shape index (κ2) is 6.52. The zero-order valence-corrected chi connectivity index (χ0v) is 16.0. The summed E-state index contributed by atoms with van der Waals surface area (Å²) < 4.78 is 31.1. The molecule has 0 radical (unpaired) electrons. The van der Waals surface area contributed by atoms with Gasteiger partial charge in [-0.15, -0.1) is 0 Å². The summed E-state index contributed by atoms with van der Waals surface area (Å²) in [6.45, 7) is 3.33. The van der Waals surface area contributed by atoms with Crippen LogP contribution in [0.15, 0.2) is 43.6 Å². The van der Waals surface area contributed by atoms with E-state index in [1.54, 1.807) is 12.1 Å². The van der Waals surface area contributed by atoms with Crippen LogP contribution in [-0.4, -0.2) is 15.3 Å². The molecule has 3 aromatic rings. The van der Waals surface area contributed by atoms with E-state index in [2.05, 4.69) is 31.9 Å². The number of fused-ring (bicyclic) bond motifs is 1. The maximum atomic E-state index is 11.0. The van der Waals surface area contributed by atoms with Crippen LogP contribution in [0, 0.1) is 6.92 Å². The summed E-state index contributed by atoms with van der Waals surface area (Å²) in [6, 6.07) is 2.04. The van der Waals surface area contributed by atoms with Crippen LogP contribution < -0.4 is 0 Å². The van der Waals surface area contributed by atoms with Crippen molar-refractivity contribution in [2.75, 3.05) is 0 Å². The number of furan rings is 1. The third-order valence-corrected chi connectivity index (χ3v) is 5.43.